The van der Waals surface area contributed by atoms with Gasteiger partial charge >= 0.3 is 0 Å². The molecule has 1 unspecified atom stereocenters. The molecule has 6 nitrogen and oxygen atoms in total. The van der Waals surface area contributed by atoms with E-state index in [1.54, 1.807) is 4.31 Å². The van der Waals surface area contributed by atoms with Crippen LogP contribution in [0, 0.1) is 5.41 Å². The molecule has 0 aromatic carbocycles. The maximum absolute atomic E-state index is 12.7. The molecule has 3 rings (SSSR count). The summed E-state index contributed by atoms with van der Waals surface area (Å²) in [5.41, 5.74) is 0.239. The lowest BCUT2D eigenvalue weighted by molar-refractivity contribution is 0.0292. The van der Waals surface area contributed by atoms with Crippen molar-refractivity contribution in [1.29, 1.82) is 0 Å². The number of ether oxygens (including phenoxy) is 1. The molecule has 3 aliphatic heterocycles. The van der Waals surface area contributed by atoms with Crippen LogP contribution >= 0.6 is 0 Å². The van der Waals surface area contributed by atoms with E-state index in [0.29, 0.717) is 19.7 Å². The van der Waals surface area contributed by atoms with Crippen LogP contribution < -0.4 is 0 Å². The van der Waals surface area contributed by atoms with Gasteiger partial charge in [0.1, 0.15) is 0 Å². The van der Waals surface area contributed by atoms with E-state index in [-0.39, 0.29) is 17.3 Å². The average Bonchev–Trinajstić information content (AvgIpc) is 2.58. The smallest absolute Gasteiger partial charge is 0.216 e. The van der Waals surface area contributed by atoms with E-state index in [1.807, 2.05) is 0 Å². The van der Waals surface area contributed by atoms with E-state index >= 15 is 0 Å². The van der Waals surface area contributed by atoms with Crippen molar-refractivity contribution in [3.05, 3.63) is 0 Å². The van der Waals surface area contributed by atoms with E-state index in [4.69, 9.17) is 4.74 Å². The quantitative estimate of drug-likeness (QED) is 0.726. The first-order valence-corrected chi connectivity index (χ1v) is 11.5. The highest BCUT2D eigenvalue weighted by atomic mass is 32.2. The van der Waals surface area contributed by atoms with Crippen LogP contribution in [0.1, 0.15) is 39.0 Å². The average molecular weight is 374 g/mol. The first-order chi connectivity index (χ1) is 11.9. The Bertz CT molecular complexity index is 518. The van der Waals surface area contributed by atoms with Crippen LogP contribution in [0.25, 0.3) is 0 Å². The van der Waals surface area contributed by atoms with E-state index in [1.165, 1.54) is 0 Å². The number of piperazine rings is 1. The summed E-state index contributed by atoms with van der Waals surface area (Å²) in [5, 5.41) is 0. The molecule has 3 heterocycles. The van der Waals surface area contributed by atoms with E-state index in [0.717, 1.165) is 64.8 Å². The Morgan fingerprint density at radius 1 is 1.04 bits per heavy atom. The van der Waals surface area contributed by atoms with Crippen molar-refractivity contribution in [3.8, 4) is 0 Å². The summed E-state index contributed by atoms with van der Waals surface area (Å²) in [5.74, 6) is 0.169. The van der Waals surface area contributed by atoms with Crippen molar-refractivity contribution in [3.63, 3.8) is 0 Å². The van der Waals surface area contributed by atoms with E-state index < -0.39 is 10.0 Å². The summed E-state index contributed by atoms with van der Waals surface area (Å²) in [4.78, 5) is 4.93. The van der Waals surface area contributed by atoms with Crippen molar-refractivity contribution in [2.45, 2.75) is 45.1 Å². The second kappa shape index (κ2) is 8.21. The van der Waals surface area contributed by atoms with E-state index in [9.17, 15) is 8.42 Å². The van der Waals surface area contributed by atoms with Crippen LogP contribution in [0.4, 0.5) is 0 Å². The van der Waals surface area contributed by atoms with Gasteiger partial charge < -0.3 is 14.5 Å². The Morgan fingerprint density at radius 3 is 2.32 bits per heavy atom. The van der Waals surface area contributed by atoms with Crippen LogP contribution in [-0.4, -0.2) is 93.8 Å². The topological polar surface area (TPSA) is 53.1 Å². The number of hydrogen-bond donors (Lipinski definition) is 0. The zero-order chi connectivity index (χ0) is 17.9. The highest BCUT2D eigenvalue weighted by Crippen LogP contribution is 2.33. The maximum atomic E-state index is 12.7. The largest absolute Gasteiger partial charge is 0.377 e. The summed E-state index contributed by atoms with van der Waals surface area (Å²) in [6.07, 6.45) is 4.86. The minimum absolute atomic E-state index is 0.0996. The Morgan fingerprint density at radius 2 is 1.72 bits per heavy atom. The normalized spacial score (nSPS) is 30.4. The molecule has 3 aliphatic rings. The van der Waals surface area contributed by atoms with Gasteiger partial charge in [0.25, 0.3) is 0 Å². The number of rotatable bonds is 5. The first kappa shape index (κ1) is 19.5. The predicted octanol–water partition coefficient (Wildman–Crippen LogP) is 1.23. The number of hydrogen-bond acceptors (Lipinski definition) is 5. The summed E-state index contributed by atoms with van der Waals surface area (Å²) in [7, 11) is -1.01. The summed E-state index contributed by atoms with van der Waals surface area (Å²) < 4.78 is 32.8. The van der Waals surface area contributed by atoms with Gasteiger partial charge in [-0.05, 0) is 44.6 Å². The van der Waals surface area contributed by atoms with Crippen LogP contribution in [0.2, 0.25) is 0 Å². The molecule has 3 fully saturated rings. The molecule has 0 amide bonds. The molecule has 0 spiro atoms. The second-order valence-electron chi connectivity index (χ2n) is 8.56. The third kappa shape index (κ3) is 5.39. The maximum Gasteiger partial charge on any atom is 0.216 e. The number of sulfonamides is 1. The predicted molar refractivity (Wildman–Crippen MR) is 100 cm³/mol. The Labute approximate surface area is 153 Å². The van der Waals surface area contributed by atoms with Crippen molar-refractivity contribution < 1.29 is 13.2 Å². The van der Waals surface area contributed by atoms with Gasteiger partial charge in [-0.15, -0.1) is 0 Å². The summed E-state index contributed by atoms with van der Waals surface area (Å²) in [6.45, 7) is 10.0. The molecule has 0 aromatic rings. The fourth-order valence-corrected chi connectivity index (χ4v) is 5.97. The SMILES string of the molecule is CN1CCN(CC2(C)CCN(S(=O)(=O)CC3CCCCO3)CC2)CC1. The molecular weight excluding hydrogens is 338 g/mol. The lowest BCUT2D eigenvalue weighted by atomic mass is 9.80. The van der Waals surface area contributed by atoms with Gasteiger partial charge in [-0.1, -0.05) is 6.92 Å². The zero-order valence-electron chi connectivity index (χ0n) is 16.0. The van der Waals surface area contributed by atoms with Crippen LogP contribution in [0.5, 0.6) is 0 Å². The highest BCUT2D eigenvalue weighted by Gasteiger charge is 2.37. The molecule has 0 N–H and O–H groups in total. The van der Waals surface area contributed by atoms with Gasteiger partial charge in [0, 0.05) is 52.4 Å². The van der Waals surface area contributed by atoms with Gasteiger partial charge in [0.2, 0.25) is 10.0 Å². The first-order valence-electron chi connectivity index (χ1n) is 9.87. The molecule has 146 valence electrons. The molecule has 1 atom stereocenters. The number of likely N-dealkylation sites (N-methyl/N-ethyl adjacent to an activating group) is 1. The standard InChI is InChI=1S/C18H35N3O3S/c1-18(16-20-12-10-19(2)11-13-20)6-8-21(9-7-18)25(22,23)15-17-5-3-4-14-24-17/h17H,3-16H2,1-2H3. The highest BCUT2D eigenvalue weighted by molar-refractivity contribution is 7.89. The zero-order valence-corrected chi connectivity index (χ0v) is 16.8. The lowest BCUT2D eigenvalue weighted by Crippen LogP contribution is -2.51. The van der Waals surface area contributed by atoms with E-state index in [2.05, 4.69) is 23.8 Å². The van der Waals surface area contributed by atoms with Gasteiger partial charge in [0.05, 0.1) is 11.9 Å². The van der Waals surface area contributed by atoms with Crippen molar-refractivity contribution in [2.75, 3.05) is 65.2 Å². The van der Waals surface area contributed by atoms with Gasteiger partial charge in [-0.2, -0.15) is 0 Å². The molecule has 0 aromatic heterocycles. The minimum Gasteiger partial charge on any atom is -0.377 e. The fourth-order valence-electron chi connectivity index (χ4n) is 4.29. The van der Waals surface area contributed by atoms with Gasteiger partial charge in [-0.25, -0.2) is 12.7 Å². The summed E-state index contributed by atoms with van der Waals surface area (Å²) >= 11 is 0. The molecule has 7 heteroatoms. The molecule has 0 aliphatic carbocycles. The Hall–Kier alpha value is -0.210. The number of nitrogens with zero attached hydrogens (tertiary/aromatic N) is 3. The second-order valence-corrected chi connectivity index (χ2v) is 10.6. The molecular formula is C18H35N3O3S. The number of piperidine rings is 1. The third-order valence-electron chi connectivity index (χ3n) is 6.19. The fraction of sp³-hybridized carbons (Fsp3) is 1.00. The van der Waals surface area contributed by atoms with Gasteiger partial charge in [-0.3, -0.25) is 0 Å². The molecule has 25 heavy (non-hydrogen) atoms. The third-order valence-corrected chi connectivity index (χ3v) is 8.14. The summed E-state index contributed by atoms with van der Waals surface area (Å²) in [6, 6.07) is 0. The lowest BCUT2D eigenvalue weighted by Gasteiger charge is -2.43. The van der Waals surface area contributed by atoms with Crippen molar-refractivity contribution >= 4 is 10.0 Å². The van der Waals surface area contributed by atoms with Crippen LogP contribution in [0.15, 0.2) is 0 Å². The van der Waals surface area contributed by atoms with Crippen LogP contribution in [-0.2, 0) is 14.8 Å². The Balaban J connectivity index is 1.48. The minimum atomic E-state index is -3.19. The monoisotopic (exact) mass is 373 g/mol. The molecule has 0 bridgehead atoms. The Kier molecular flexibility index (Phi) is 6.42. The van der Waals surface area contributed by atoms with Gasteiger partial charge in [0.15, 0.2) is 0 Å². The molecule has 0 radical (unpaired) electrons. The van der Waals surface area contributed by atoms with Crippen LogP contribution in [0.3, 0.4) is 0 Å². The van der Waals surface area contributed by atoms with Crippen molar-refractivity contribution in [2.24, 2.45) is 5.41 Å². The molecule has 0 saturated carbocycles. The van der Waals surface area contributed by atoms with Crippen molar-refractivity contribution in [1.82, 2.24) is 14.1 Å². The molecule has 3 saturated heterocycles.